The van der Waals surface area contributed by atoms with E-state index >= 15 is 0 Å². The van der Waals surface area contributed by atoms with Crippen LogP contribution in [0.15, 0.2) is 30.3 Å². The van der Waals surface area contributed by atoms with Gasteiger partial charge in [0, 0.05) is 22.3 Å². The number of hydrogen-bond donors (Lipinski definition) is 1. The number of rotatable bonds is 4. The molecule has 1 aliphatic carbocycles. The Labute approximate surface area is 111 Å². The molecule has 0 atom stereocenters. The molecule has 0 saturated heterocycles. The van der Waals surface area contributed by atoms with E-state index in [9.17, 15) is 4.39 Å². The molecule has 0 spiro atoms. The first-order valence-electron chi connectivity index (χ1n) is 6.30. The maximum atomic E-state index is 13.4. The largest absolute Gasteiger partial charge is 0.309 e. The van der Waals surface area contributed by atoms with Gasteiger partial charge in [0.2, 0.25) is 0 Å². The Morgan fingerprint density at radius 2 is 2.11 bits per heavy atom. The number of halogens is 1. The predicted molar refractivity (Wildman–Crippen MR) is 74.3 cm³/mol. The van der Waals surface area contributed by atoms with E-state index < -0.39 is 0 Å². The highest BCUT2D eigenvalue weighted by Gasteiger charge is 2.20. The number of hydrogen-bond acceptors (Lipinski definition) is 2. The molecule has 1 aromatic heterocycles. The van der Waals surface area contributed by atoms with Crippen LogP contribution in [0.3, 0.4) is 0 Å². The van der Waals surface area contributed by atoms with Crippen molar-refractivity contribution in [2.75, 3.05) is 0 Å². The predicted octanol–water partition coefficient (Wildman–Crippen LogP) is 4.11. The normalized spacial score (nSPS) is 15.0. The second kappa shape index (κ2) is 4.82. The number of nitrogens with one attached hydrogen (secondary N) is 1. The molecule has 3 heteroatoms. The zero-order valence-corrected chi connectivity index (χ0v) is 11.2. The van der Waals surface area contributed by atoms with Gasteiger partial charge in [-0.15, -0.1) is 11.3 Å². The molecule has 3 rings (SSSR count). The van der Waals surface area contributed by atoms with Crippen molar-refractivity contribution >= 4 is 11.3 Å². The second-order valence-electron chi connectivity index (χ2n) is 4.94. The van der Waals surface area contributed by atoms with E-state index in [1.165, 1.54) is 17.7 Å². The van der Waals surface area contributed by atoms with Gasteiger partial charge in [-0.05, 0) is 55.2 Å². The van der Waals surface area contributed by atoms with Crippen LogP contribution >= 0.6 is 11.3 Å². The summed E-state index contributed by atoms with van der Waals surface area (Å²) in [6, 6.07) is 10.2. The average Bonchev–Trinajstić information content (AvgIpc) is 3.02. The van der Waals surface area contributed by atoms with Gasteiger partial charge >= 0.3 is 0 Å². The molecule has 2 aromatic rings. The van der Waals surface area contributed by atoms with Crippen molar-refractivity contribution in [3.8, 4) is 10.4 Å². The first-order valence-corrected chi connectivity index (χ1v) is 7.12. The van der Waals surface area contributed by atoms with E-state index in [4.69, 9.17) is 0 Å². The fourth-order valence-electron chi connectivity index (χ4n) is 2.04. The van der Waals surface area contributed by atoms with Crippen LogP contribution in [0.5, 0.6) is 0 Å². The zero-order valence-electron chi connectivity index (χ0n) is 10.4. The molecule has 18 heavy (non-hydrogen) atoms. The van der Waals surface area contributed by atoms with Crippen LogP contribution in [0, 0.1) is 12.7 Å². The lowest BCUT2D eigenvalue weighted by atomic mass is 10.1. The summed E-state index contributed by atoms with van der Waals surface area (Å²) in [4.78, 5) is 2.46. The third kappa shape index (κ3) is 2.79. The van der Waals surface area contributed by atoms with E-state index in [1.807, 2.05) is 13.0 Å². The van der Waals surface area contributed by atoms with Crippen molar-refractivity contribution in [2.45, 2.75) is 32.4 Å². The Kier molecular flexibility index (Phi) is 3.18. The van der Waals surface area contributed by atoms with Crippen LogP contribution in [0.4, 0.5) is 4.39 Å². The Morgan fingerprint density at radius 3 is 2.83 bits per heavy atom. The summed E-state index contributed by atoms with van der Waals surface area (Å²) in [5, 5.41) is 3.50. The van der Waals surface area contributed by atoms with E-state index in [1.54, 1.807) is 23.5 Å². The minimum absolute atomic E-state index is 0.156. The molecular formula is C15H16FNS. The van der Waals surface area contributed by atoms with Crippen LogP contribution in [0.25, 0.3) is 10.4 Å². The van der Waals surface area contributed by atoms with Crippen LogP contribution in [0.1, 0.15) is 23.3 Å². The van der Waals surface area contributed by atoms with Crippen LogP contribution in [-0.2, 0) is 6.54 Å². The topological polar surface area (TPSA) is 12.0 Å². The van der Waals surface area contributed by atoms with Crippen molar-refractivity contribution < 1.29 is 4.39 Å². The fraction of sp³-hybridized carbons (Fsp3) is 0.333. The SMILES string of the molecule is Cc1cc(F)cc(-c2ccc(CNC3CC3)s2)c1. The maximum Gasteiger partial charge on any atom is 0.124 e. The molecule has 0 bridgehead atoms. The first-order chi connectivity index (χ1) is 8.70. The average molecular weight is 261 g/mol. The van der Waals surface area contributed by atoms with Crippen LogP contribution in [-0.4, -0.2) is 6.04 Å². The van der Waals surface area contributed by atoms with Crippen molar-refractivity contribution in [1.82, 2.24) is 5.32 Å². The molecule has 1 heterocycles. The van der Waals surface area contributed by atoms with Gasteiger partial charge < -0.3 is 5.32 Å². The lowest BCUT2D eigenvalue weighted by Crippen LogP contribution is -2.14. The second-order valence-corrected chi connectivity index (χ2v) is 6.11. The third-order valence-corrected chi connectivity index (χ3v) is 4.26. The molecule has 1 aromatic carbocycles. The summed E-state index contributed by atoms with van der Waals surface area (Å²) in [6.07, 6.45) is 2.61. The molecule has 1 aliphatic rings. The molecule has 0 unspecified atom stereocenters. The summed E-state index contributed by atoms with van der Waals surface area (Å²) in [6.45, 7) is 2.86. The molecule has 1 N–H and O–H groups in total. The van der Waals surface area contributed by atoms with Gasteiger partial charge in [0.15, 0.2) is 0 Å². The van der Waals surface area contributed by atoms with Gasteiger partial charge in [0.05, 0.1) is 0 Å². The van der Waals surface area contributed by atoms with E-state index in [2.05, 4.69) is 17.4 Å². The number of aryl methyl sites for hydroxylation is 1. The van der Waals surface area contributed by atoms with Crippen LogP contribution < -0.4 is 5.32 Å². The van der Waals surface area contributed by atoms with Gasteiger partial charge in [-0.2, -0.15) is 0 Å². The Hall–Kier alpha value is -1.19. The summed E-state index contributed by atoms with van der Waals surface area (Å²) >= 11 is 1.74. The van der Waals surface area contributed by atoms with Crippen molar-refractivity contribution in [1.29, 1.82) is 0 Å². The minimum Gasteiger partial charge on any atom is -0.309 e. The van der Waals surface area contributed by atoms with Gasteiger partial charge in [0.25, 0.3) is 0 Å². The highest BCUT2D eigenvalue weighted by Crippen LogP contribution is 2.30. The Balaban J connectivity index is 1.78. The van der Waals surface area contributed by atoms with Crippen molar-refractivity contribution in [3.05, 3.63) is 46.6 Å². The molecule has 94 valence electrons. The number of thiophene rings is 1. The quantitative estimate of drug-likeness (QED) is 0.873. The fourth-order valence-corrected chi connectivity index (χ4v) is 2.98. The third-order valence-electron chi connectivity index (χ3n) is 3.13. The van der Waals surface area contributed by atoms with Crippen molar-refractivity contribution in [2.24, 2.45) is 0 Å². The maximum absolute atomic E-state index is 13.4. The first kappa shape index (κ1) is 11.9. The van der Waals surface area contributed by atoms with E-state index in [-0.39, 0.29) is 5.82 Å². The van der Waals surface area contributed by atoms with Gasteiger partial charge in [-0.1, -0.05) is 6.07 Å². The molecule has 1 saturated carbocycles. The summed E-state index contributed by atoms with van der Waals surface area (Å²) in [5.74, 6) is -0.156. The van der Waals surface area contributed by atoms with E-state index in [0.717, 1.165) is 28.6 Å². The molecule has 1 nitrogen and oxygen atoms in total. The summed E-state index contributed by atoms with van der Waals surface area (Å²) < 4.78 is 13.4. The molecule has 0 amide bonds. The summed E-state index contributed by atoms with van der Waals surface area (Å²) in [5.41, 5.74) is 1.95. The highest BCUT2D eigenvalue weighted by atomic mass is 32.1. The zero-order chi connectivity index (χ0) is 12.5. The molecule has 1 fully saturated rings. The Morgan fingerprint density at radius 1 is 1.28 bits per heavy atom. The monoisotopic (exact) mass is 261 g/mol. The minimum atomic E-state index is -0.156. The van der Waals surface area contributed by atoms with Gasteiger partial charge in [-0.25, -0.2) is 4.39 Å². The Bertz CT molecular complexity index is 537. The van der Waals surface area contributed by atoms with Crippen LogP contribution in [0.2, 0.25) is 0 Å². The summed E-state index contributed by atoms with van der Waals surface area (Å²) in [7, 11) is 0. The number of benzene rings is 1. The molecule has 0 aliphatic heterocycles. The lowest BCUT2D eigenvalue weighted by Gasteiger charge is -2.01. The standard InChI is InChI=1S/C15H16FNS/c1-10-6-11(8-12(16)7-10)15-5-4-14(18-15)9-17-13-2-3-13/h4-8,13,17H,2-3,9H2,1H3. The molecule has 0 radical (unpaired) electrons. The molecular weight excluding hydrogens is 245 g/mol. The van der Waals surface area contributed by atoms with Crippen molar-refractivity contribution in [3.63, 3.8) is 0 Å². The van der Waals surface area contributed by atoms with E-state index in [0.29, 0.717) is 0 Å². The van der Waals surface area contributed by atoms with Gasteiger partial charge in [-0.3, -0.25) is 0 Å². The smallest absolute Gasteiger partial charge is 0.124 e. The van der Waals surface area contributed by atoms with Gasteiger partial charge in [0.1, 0.15) is 5.82 Å². The lowest BCUT2D eigenvalue weighted by molar-refractivity contribution is 0.627. The highest BCUT2D eigenvalue weighted by molar-refractivity contribution is 7.15.